The zero-order chi connectivity index (χ0) is 25.8. The highest BCUT2D eigenvalue weighted by Gasteiger charge is 2.27. The number of esters is 1. The number of aryl methyl sites for hydroxylation is 3. The molecule has 1 aliphatic rings. The van der Waals surface area contributed by atoms with Crippen LogP contribution in [-0.2, 0) is 29.4 Å². The maximum absolute atomic E-state index is 12.8. The number of benzene rings is 1. The molecule has 0 fully saturated rings. The third-order valence-corrected chi connectivity index (χ3v) is 8.20. The molecule has 3 aromatic rings. The van der Waals surface area contributed by atoms with E-state index in [4.69, 9.17) is 9.47 Å². The molecule has 8 nitrogen and oxygen atoms in total. The van der Waals surface area contributed by atoms with E-state index in [1.165, 1.54) is 28.0 Å². The smallest absolute Gasteiger partial charge is 0.341 e. The molecular weight excluding hydrogens is 496 g/mol. The van der Waals surface area contributed by atoms with Crippen molar-refractivity contribution in [2.45, 2.75) is 64.6 Å². The Hall–Kier alpha value is -2.85. The molecule has 0 aliphatic heterocycles. The molecule has 36 heavy (non-hydrogen) atoms. The normalized spacial score (nSPS) is 13.7. The molecule has 0 saturated carbocycles. The molecule has 0 bridgehead atoms. The van der Waals surface area contributed by atoms with E-state index in [2.05, 4.69) is 21.6 Å². The van der Waals surface area contributed by atoms with Crippen molar-refractivity contribution < 1.29 is 19.1 Å². The minimum absolute atomic E-state index is 0.142. The highest BCUT2D eigenvalue weighted by molar-refractivity contribution is 7.99. The fourth-order valence-corrected chi connectivity index (χ4v) is 6.44. The van der Waals surface area contributed by atoms with Crippen LogP contribution < -0.4 is 10.1 Å². The molecular formula is C26H32N4O4S2. The number of ether oxygens (including phenoxy) is 2. The van der Waals surface area contributed by atoms with E-state index >= 15 is 0 Å². The number of hydrogen-bond donors (Lipinski definition) is 1. The number of fused-ring (bicyclic) bond motifs is 1. The van der Waals surface area contributed by atoms with Crippen molar-refractivity contribution in [3.63, 3.8) is 0 Å². The first-order valence-electron chi connectivity index (χ1n) is 12.1. The molecule has 1 amide bonds. The Kier molecular flexibility index (Phi) is 8.35. The predicted octanol–water partition coefficient (Wildman–Crippen LogP) is 5.42. The van der Waals surface area contributed by atoms with Gasteiger partial charge in [-0.25, -0.2) is 4.79 Å². The number of hydrogen-bond acceptors (Lipinski definition) is 8. The molecule has 4 rings (SSSR count). The molecule has 2 aromatic heterocycles. The summed E-state index contributed by atoms with van der Waals surface area (Å²) in [7, 11) is 1.86. The number of thiophene rings is 1. The van der Waals surface area contributed by atoms with E-state index in [9.17, 15) is 9.59 Å². The van der Waals surface area contributed by atoms with Gasteiger partial charge >= 0.3 is 5.97 Å². The van der Waals surface area contributed by atoms with Gasteiger partial charge in [-0.3, -0.25) is 4.79 Å². The second-order valence-corrected chi connectivity index (χ2v) is 11.0. The predicted molar refractivity (Wildman–Crippen MR) is 142 cm³/mol. The molecule has 1 atom stereocenters. The van der Waals surface area contributed by atoms with Gasteiger partial charge in [-0.2, -0.15) is 0 Å². The number of carbonyl (C=O) groups is 2. The average molecular weight is 529 g/mol. The fourth-order valence-electron chi connectivity index (χ4n) is 4.43. The first-order chi connectivity index (χ1) is 17.3. The van der Waals surface area contributed by atoms with Crippen molar-refractivity contribution in [3.8, 4) is 5.75 Å². The molecule has 1 unspecified atom stereocenters. The van der Waals surface area contributed by atoms with Crippen molar-refractivity contribution in [1.29, 1.82) is 0 Å². The van der Waals surface area contributed by atoms with Crippen LogP contribution in [0.2, 0.25) is 0 Å². The van der Waals surface area contributed by atoms with E-state index in [1.807, 2.05) is 44.5 Å². The van der Waals surface area contributed by atoms with Crippen LogP contribution in [0.5, 0.6) is 5.75 Å². The molecule has 1 aliphatic carbocycles. The SMILES string of the molecule is CCOC(=O)c1c(NC(=O)CSc2nnc(C(C)Oc3cc(C)cc(C)c3)n2C)sc2c1CCCC2. The summed E-state index contributed by atoms with van der Waals surface area (Å²) in [6, 6.07) is 6.08. The Morgan fingerprint density at radius 2 is 1.89 bits per heavy atom. The standard InChI is InChI=1S/C26H32N4O4S2/c1-6-33-25(32)22-19-9-7-8-10-20(19)36-24(22)27-21(31)14-35-26-29-28-23(30(26)5)17(4)34-18-12-15(2)11-16(3)13-18/h11-13,17H,6-10,14H2,1-5H3,(H,27,31). The van der Waals surface area contributed by atoms with Crippen LogP contribution in [0.25, 0.3) is 0 Å². The van der Waals surface area contributed by atoms with E-state index in [0.717, 1.165) is 48.1 Å². The molecule has 10 heteroatoms. The number of thioether (sulfide) groups is 1. The van der Waals surface area contributed by atoms with Crippen LogP contribution in [0.4, 0.5) is 5.00 Å². The van der Waals surface area contributed by atoms with Gasteiger partial charge in [0, 0.05) is 11.9 Å². The van der Waals surface area contributed by atoms with Crippen molar-refractivity contribution in [2.24, 2.45) is 7.05 Å². The molecule has 0 spiro atoms. The van der Waals surface area contributed by atoms with Gasteiger partial charge in [0.15, 0.2) is 17.1 Å². The molecule has 0 radical (unpaired) electrons. The summed E-state index contributed by atoms with van der Waals surface area (Å²) in [6.07, 6.45) is 3.60. The minimum atomic E-state index is -0.365. The van der Waals surface area contributed by atoms with Gasteiger partial charge in [0.05, 0.1) is 17.9 Å². The van der Waals surface area contributed by atoms with Crippen molar-refractivity contribution >= 4 is 40.0 Å². The Morgan fingerprint density at radius 3 is 2.61 bits per heavy atom. The van der Waals surface area contributed by atoms with Crippen LogP contribution in [0.1, 0.15) is 70.5 Å². The number of nitrogens with one attached hydrogen (secondary N) is 1. The van der Waals surface area contributed by atoms with E-state index < -0.39 is 0 Å². The Labute approximate surface area is 219 Å². The van der Waals surface area contributed by atoms with Gasteiger partial charge < -0.3 is 19.4 Å². The van der Waals surface area contributed by atoms with Crippen LogP contribution in [0.3, 0.4) is 0 Å². The number of rotatable bonds is 9. The molecule has 0 saturated heterocycles. The lowest BCUT2D eigenvalue weighted by Gasteiger charge is -2.15. The lowest BCUT2D eigenvalue weighted by atomic mass is 9.95. The number of amides is 1. The Bertz CT molecular complexity index is 1250. The first kappa shape index (κ1) is 26.2. The van der Waals surface area contributed by atoms with Gasteiger partial charge in [0.1, 0.15) is 10.8 Å². The van der Waals surface area contributed by atoms with Crippen LogP contribution in [0.15, 0.2) is 23.4 Å². The zero-order valence-corrected chi connectivity index (χ0v) is 23.0. The monoisotopic (exact) mass is 528 g/mol. The van der Waals surface area contributed by atoms with Crippen LogP contribution >= 0.6 is 23.1 Å². The zero-order valence-electron chi connectivity index (χ0n) is 21.3. The number of anilines is 1. The molecule has 192 valence electrons. The maximum atomic E-state index is 12.8. The van der Waals surface area contributed by atoms with Gasteiger partial charge in [-0.05, 0) is 82.2 Å². The minimum Gasteiger partial charge on any atom is -0.483 e. The number of aromatic nitrogens is 3. The highest BCUT2D eigenvalue weighted by atomic mass is 32.2. The van der Waals surface area contributed by atoms with E-state index in [1.54, 1.807) is 6.92 Å². The summed E-state index contributed by atoms with van der Waals surface area (Å²) in [5.74, 6) is 1.03. The summed E-state index contributed by atoms with van der Waals surface area (Å²) < 4.78 is 13.2. The summed E-state index contributed by atoms with van der Waals surface area (Å²) >= 11 is 2.78. The maximum Gasteiger partial charge on any atom is 0.341 e. The quantitative estimate of drug-likeness (QED) is 0.293. The number of carbonyl (C=O) groups excluding carboxylic acids is 2. The van der Waals surface area contributed by atoms with Gasteiger partial charge in [-0.15, -0.1) is 21.5 Å². The van der Waals surface area contributed by atoms with Gasteiger partial charge in [0.25, 0.3) is 0 Å². The van der Waals surface area contributed by atoms with E-state index in [0.29, 0.717) is 28.2 Å². The van der Waals surface area contributed by atoms with E-state index in [-0.39, 0.29) is 23.7 Å². The van der Waals surface area contributed by atoms with Crippen molar-refractivity contribution in [1.82, 2.24) is 14.8 Å². The fraction of sp³-hybridized carbons (Fsp3) is 0.462. The number of nitrogens with zero attached hydrogens (tertiary/aromatic N) is 3. The van der Waals surface area contributed by atoms with Crippen LogP contribution in [-0.4, -0.2) is 39.0 Å². The van der Waals surface area contributed by atoms with Crippen molar-refractivity contribution in [3.05, 3.63) is 51.2 Å². The average Bonchev–Trinajstić information content (AvgIpc) is 3.36. The molecule has 1 aromatic carbocycles. The summed E-state index contributed by atoms with van der Waals surface area (Å²) in [6.45, 7) is 8.08. The summed E-state index contributed by atoms with van der Waals surface area (Å²) in [5.41, 5.74) is 3.82. The van der Waals surface area contributed by atoms with Gasteiger partial charge in [0.2, 0.25) is 5.91 Å². The summed E-state index contributed by atoms with van der Waals surface area (Å²) in [5, 5.41) is 12.7. The van der Waals surface area contributed by atoms with Crippen LogP contribution in [0, 0.1) is 13.8 Å². The third-order valence-electron chi connectivity index (χ3n) is 5.98. The topological polar surface area (TPSA) is 95.3 Å². The van der Waals surface area contributed by atoms with Crippen molar-refractivity contribution in [2.75, 3.05) is 17.7 Å². The van der Waals surface area contributed by atoms with Gasteiger partial charge in [-0.1, -0.05) is 17.8 Å². The summed E-state index contributed by atoms with van der Waals surface area (Å²) in [4.78, 5) is 26.6. The molecule has 1 N–H and O–H groups in total. The second-order valence-electron chi connectivity index (χ2n) is 8.96. The highest BCUT2D eigenvalue weighted by Crippen LogP contribution is 2.38. The third kappa shape index (κ3) is 5.92. The largest absolute Gasteiger partial charge is 0.483 e. The second kappa shape index (κ2) is 11.5. The lowest BCUT2D eigenvalue weighted by Crippen LogP contribution is -2.17. The first-order valence-corrected chi connectivity index (χ1v) is 14.0. The molecule has 2 heterocycles. The lowest BCUT2D eigenvalue weighted by molar-refractivity contribution is -0.113. The Morgan fingerprint density at radius 1 is 1.17 bits per heavy atom. The Balaban J connectivity index is 1.41.